The molecule has 10 aromatic carbocycles. The van der Waals surface area contributed by atoms with E-state index in [9.17, 15) is 0 Å². The number of nitrogens with zero attached hydrogens (tertiary/aromatic N) is 2. The molecule has 0 bridgehead atoms. The van der Waals surface area contributed by atoms with Gasteiger partial charge in [0.1, 0.15) is 0 Å². The van der Waals surface area contributed by atoms with E-state index < -0.39 is 0 Å². The third-order valence-corrected chi connectivity index (χ3v) is 12.7. The van der Waals surface area contributed by atoms with Crippen LogP contribution in [0.1, 0.15) is 0 Å². The SMILES string of the molecule is c1ccc(-c2ccc(N(c3cccc(-c4ccccc4)c3)c3cc4sc5ccc6ccccc6c5c4cc3N(c3ccccc3)c3ccc(-c4ccccc4)cc3)cc2)cc1. The molecule has 288 valence electrons. The highest BCUT2D eigenvalue weighted by atomic mass is 32.1. The van der Waals surface area contributed by atoms with Gasteiger partial charge in [0.2, 0.25) is 0 Å². The summed E-state index contributed by atoms with van der Waals surface area (Å²) in [6.45, 7) is 0. The second kappa shape index (κ2) is 15.8. The number of benzene rings is 10. The number of anilines is 6. The van der Waals surface area contributed by atoms with Crippen LogP contribution in [0.3, 0.4) is 0 Å². The molecule has 0 saturated carbocycles. The number of hydrogen-bond acceptors (Lipinski definition) is 3. The Morgan fingerprint density at radius 2 is 0.705 bits per heavy atom. The van der Waals surface area contributed by atoms with Crippen molar-refractivity contribution in [1.82, 2.24) is 0 Å². The zero-order valence-electron chi connectivity index (χ0n) is 33.4. The van der Waals surface area contributed by atoms with Crippen LogP contribution < -0.4 is 9.80 Å². The Morgan fingerprint density at radius 3 is 1.31 bits per heavy atom. The van der Waals surface area contributed by atoms with E-state index in [-0.39, 0.29) is 0 Å². The molecule has 11 rings (SSSR count). The molecule has 0 saturated heterocycles. The van der Waals surface area contributed by atoms with Crippen LogP contribution in [-0.2, 0) is 0 Å². The van der Waals surface area contributed by atoms with Crippen LogP contribution in [0.2, 0.25) is 0 Å². The minimum Gasteiger partial charge on any atom is -0.308 e. The Morgan fingerprint density at radius 1 is 0.262 bits per heavy atom. The molecule has 2 nitrogen and oxygen atoms in total. The van der Waals surface area contributed by atoms with Gasteiger partial charge in [0.05, 0.1) is 11.4 Å². The predicted octanol–water partition coefficient (Wildman–Crippen LogP) is 17.1. The fourth-order valence-electron chi connectivity index (χ4n) is 8.68. The minimum absolute atomic E-state index is 1.07. The van der Waals surface area contributed by atoms with E-state index in [1.165, 1.54) is 58.8 Å². The Hall–Kier alpha value is -7.72. The number of hydrogen-bond donors (Lipinski definition) is 0. The first-order chi connectivity index (χ1) is 30.2. The normalized spacial score (nSPS) is 11.3. The summed E-state index contributed by atoms with van der Waals surface area (Å²) in [5.41, 5.74) is 13.6. The quantitative estimate of drug-likeness (QED) is 0.144. The molecular formula is C58H40N2S. The van der Waals surface area contributed by atoms with Crippen LogP contribution in [0.25, 0.3) is 64.3 Å². The van der Waals surface area contributed by atoms with E-state index >= 15 is 0 Å². The van der Waals surface area contributed by atoms with Gasteiger partial charge in [-0.25, -0.2) is 0 Å². The third-order valence-electron chi connectivity index (χ3n) is 11.6. The van der Waals surface area contributed by atoms with Crippen LogP contribution in [0, 0.1) is 0 Å². The van der Waals surface area contributed by atoms with Crippen molar-refractivity contribution >= 4 is 76.4 Å². The summed E-state index contributed by atoms with van der Waals surface area (Å²) < 4.78 is 2.52. The molecule has 3 heteroatoms. The maximum atomic E-state index is 2.45. The van der Waals surface area contributed by atoms with Crippen LogP contribution in [0.15, 0.2) is 243 Å². The molecule has 0 radical (unpaired) electrons. The molecule has 1 aromatic heterocycles. The van der Waals surface area contributed by atoms with E-state index in [1.807, 2.05) is 11.3 Å². The molecule has 0 spiro atoms. The largest absolute Gasteiger partial charge is 0.308 e. The molecule has 0 atom stereocenters. The molecule has 0 aliphatic rings. The van der Waals surface area contributed by atoms with Crippen molar-refractivity contribution in [3.8, 4) is 33.4 Å². The number of fused-ring (bicyclic) bond motifs is 5. The molecule has 0 amide bonds. The molecule has 11 aromatic rings. The number of rotatable bonds is 9. The highest BCUT2D eigenvalue weighted by molar-refractivity contribution is 7.26. The monoisotopic (exact) mass is 796 g/mol. The topological polar surface area (TPSA) is 6.48 Å². The lowest BCUT2D eigenvalue weighted by molar-refractivity contribution is 1.23. The van der Waals surface area contributed by atoms with Gasteiger partial charge in [0, 0.05) is 42.9 Å². The lowest BCUT2D eigenvalue weighted by atomic mass is 10.0. The maximum Gasteiger partial charge on any atom is 0.0716 e. The Bertz CT molecular complexity index is 3270. The summed E-state index contributed by atoms with van der Waals surface area (Å²) in [5.74, 6) is 0. The Kier molecular flexibility index (Phi) is 9.42. The summed E-state index contributed by atoms with van der Waals surface area (Å²) in [6, 6.07) is 87.9. The third kappa shape index (κ3) is 6.91. The van der Waals surface area contributed by atoms with E-state index in [4.69, 9.17) is 0 Å². The molecule has 1 heterocycles. The fourth-order valence-corrected chi connectivity index (χ4v) is 9.82. The van der Waals surface area contributed by atoms with E-state index in [2.05, 4.69) is 252 Å². The van der Waals surface area contributed by atoms with Crippen LogP contribution >= 0.6 is 11.3 Å². The number of thiophene rings is 1. The van der Waals surface area contributed by atoms with Crippen molar-refractivity contribution < 1.29 is 0 Å². The van der Waals surface area contributed by atoms with Crippen LogP contribution in [-0.4, -0.2) is 0 Å². The van der Waals surface area contributed by atoms with Gasteiger partial charge in [-0.3, -0.25) is 0 Å². The average molecular weight is 797 g/mol. The van der Waals surface area contributed by atoms with E-state index in [1.54, 1.807) is 0 Å². The fraction of sp³-hybridized carbons (Fsp3) is 0. The van der Waals surface area contributed by atoms with Gasteiger partial charge in [-0.15, -0.1) is 11.3 Å². The molecular weight excluding hydrogens is 757 g/mol. The van der Waals surface area contributed by atoms with Crippen molar-refractivity contribution in [2.45, 2.75) is 0 Å². The number of para-hydroxylation sites is 1. The maximum absolute atomic E-state index is 2.45. The van der Waals surface area contributed by atoms with Gasteiger partial charge in [-0.1, -0.05) is 176 Å². The summed E-state index contributed by atoms with van der Waals surface area (Å²) in [4.78, 5) is 4.89. The summed E-state index contributed by atoms with van der Waals surface area (Å²) in [6.07, 6.45) is 0. The summed E-state index contributed by atoms with van der Waals surface area (Å²) in [7, 11) is 0. The second-order valence-corrected chi connectivity index (χ2v) is 16.4. The van der Waals surface area contributed by atoms with Gasteiger partial charge in [-0.05, 0) is 111 Å². The van der Waals surface area contributed by atoms with Gasteiger partial charge in [0.15, 0.2) is 0 Å². The van der Waals surface area contributed by atoms with Gasteiger partial charge < -0.3 is 9.80 Å². The van der Waals surface area contributed by atoms with Crippen LogP contribution in [0.4, 0.5) is 34.1 Å². The molecule has 61 heavy (non-hydrogen) atoms. The van der Waals surface area contributed by atoms with E-state index in [0.717, 1.165) is 39.7 Å². The molecule has 0 fully saturated rings. The first-order valence-electron chi connectivity index (χ1n) is 20.7. The van der Waals surface area contributed by atoms with Crippen molar-refractivity contribution in [2.24, 2.45) is 0 Å². The van der Waals surface area contributed by atoms with Gasteiger partial charge in [0.25, 0.3) is 0 Å². The van der Waals surface area contributed by atoms with Crippen molar-refractivity contribution in [1.29, 1.82) is 0 Å². The van der Waals surface area contributed by atoms with Crippen LogP contribution in [0.5, 0.6) is 0 Å². The molecule has 0 unspecified atom stereocenters. The highest BCUT2D eigenvalue weighted by Gasteiger charge is 2.25. The van der Waals surface area contributed by atoms with Crippen molar-refractivity contribution in [2.75, 3.05) is 9.80 Å². The van der Waals surface area contributed by atoms with Crippen molar-refractivity contribution in [3.63, 3.8) is 0 Å². The lowest BCUT2D eigenvalue weighted by Gasteiger charge is -2.33. The Balaban J connectivity index is 1.20. The zero-order valence-corrected chi connectivity index (χ0v) is 34.2. The standard InChI is InChI=1S/C58H40N2S/c1-5-16-41(17-6-1)44-28-33-49(34-29-44)59(48-24-11-4-12-25-48)54-39-53-57(61-56-37-32-46-22-13-14-27-52(46)58(53)56)40-55(54)60(50-35-30-45(31-36-50)42-18-7-2-8-19-42)51-26-15-23-47(38-51)43-20-9-3-10-21-43/h1-40H. The highest BCUT2D eigenvalue weighted by Crippen LogP contribution is 2.51. The Labute approximate surface area is 360 Å². The smallest absolute Gasteiger partial charge is 0.0716 e. The van der Waals surface area contributed by atoms with Crippen molar-refractivity contribution in [3.05, 3.63) is 243 Å². The van der Waals surface area contributed by atoms with Gasteiger partial charge in [-0.2, -0.15) is 0 Å². The molecule has 0 N–H and O–H groups in total. The first kappa shape index (κ1) is 36.4. The predicted molar refractivity (Wildman–Crippen MR) is 263 cm³/mol. The zero-order chi connectivity index (χ0) is 40.5. The summed E-state index contributed by atoms with van der Waals surface area (Å²) in [5, 5.41) is 5.06. The molecule has 0 aliphatic carbocycles. The summed E-state index contributed by atoms with van der Waals surface area (Å²) >= 11 is 1.86. The van der Waals surface area contributed by atoms with Gasteiger partial charge >= 0.3 is 0 Å². The first-order valence-corrected chi connectivity index (χ1v) is 21.6. The second-order valence-electron chi connectivity index (χ2n) is 15.3. The lowest BCUT2D eigenvalue weighted by Crippen LogP contribution is -2.17. The average Bonchev–Trinajstić information content (AvgIpc) is 3.71. The molecule has 0 aliphatic heterocycles. The van der Waals surface area contributed by atoms with E-state index in [0.29, 0.717) is 0 Å². The minimum atomic E-state index is 1.07.